The molecule has 0 saturated carbocycles. The molecule has 0 rings (SSSR count). The molecule has 0 atom stereocenters. The predicted octanol–water partition coefficient (Wildman–Crippen LogP) is 2.33. The Morgan fingerprint density at radius 2 is 1.80 bits per heavy atom. The second-order valence-corrected chi connectivity index (χ2v) is 3.04. The molecule has 10 heavy (non-hydrogen) atoms. The second kappa shape index (κ2) is 3.91. The maximum atomic E-state index is 4.73. The van der Waals surface area contributed by atoms with Gasteiger partial charge >= 0.3 is 0 Å². The van der Waals surface area contributed by atoms with Gasteiger partial charge in [0.2, 0.25) is 0 Å². The molecule has 0 aromatic rings. The highest BCUT2D eigenvalue weighted by Gasteiger charge is 2.22. The molecular formula is C8H16NS. The highest BCUT2D eigenvalue weighted by Crippen LogP contribution is 2.19. The fourth-order valence-corrected chi connectivity index (χ4v) is 1.05. The van der Waals surface area contributed by atoms with Gasteiger partial charge in [0.05, 0.1) is 0 Å². The number of rotatable bonds is 4. The zero-order chi connectivity index (χ0) is 8.20. The molecule has 0 N–H and O–H groups in total. The first kappa shape index (κ1) is 9.89. The van der Waals surface area contributed by atoms with Crippen LogP contribution in [0.15, 0.2) is 0 Å². The zero-order valence-electron chi connectivity index (χ0n) is 7.27. The molecule has 0 heterocycles. The summed E-state index contributed by atoms with van der Waals surface area (Å²) in [5.74, 6) is 0. The zero-order valence-corrected chi connectivity index (χ0v) is 8.09. The number of nitrogens with zero attached hydrogens (tertiary/aromatic N) is 1. The Morgan fingerprint density at radius 1 is 1.40 bits per heavy atom. The molecular weight excluding hydrogens is 142 g/mol. The molecule has 1 nitrogen and oxygen atoms in total. The molecule has 0 spiro atoms. The van der Waals surface area contributed by atoms with Gasteiger partial charge in [0.15, 0.2) is 0 Å². The van der Waals surface area contributed by atoms with Crippen molar-refractivity contribution in [2.45, 2.75) is 39.2 Å². The van der Waals surface area contributed by atoms with Gasteiger partial charge in [-0.15, -0.1) is 0 Å². The standard InChI is InChI=1S/C8H16NS/c1-5-8(3,6-2)9(4)7-10/h5-6H2,1-4H3. The van der Waals surface area contributed by atoms with Gasteiger partial charge in [-0.05, 0) is 19.8 Å². The molecule has 0 aromatic carbocycles. The molecule has 0 bridgehead atoms. The van der Waals surface area contributed by atoms with Crippen LogP contribution in [0.1, 0.15) is 33.6 Å². The van der Waals surface area contributed by atoms with Crippen molar-refractivity contribution in [2.24, 2.45) is 0 Å². The molecule has 59 valence electrons. The van der Waals surface area contributed by atoms with Crippen molar-refractivity contribution in [1.82, 2.24) is 4.90 Å². The molecule has 0 unspecified atom stereocenters. The Bertz CT molecular complexity index is 108. The molecule has 2 heteroatoms. The summed E-state index contributed by atoms with van der Waals surface area (Å²) < 4.78 is 0. The average molecular weight is 158 g/mol. The summed E-state index contributed by atoms with van der Waals surface area (Å²) in [5.41, 5.74) is 2.93. The minimum atomic E-state index is 0.210. The molecule has 0 amide bonds. The van der Waals surface area contributed by atoms with Gasteiger partial charge in [-0.1, -0.05) is 26.1 Å². The summed E-state index contributed by atoms with van der Waals surface area (Å²) in [7, 11) is 1.99. The fraction of sp³-hybridized carbons (Fsp3) is 0.875. The molecule has 0 fully saturated rings. The van der Waals surface area contributed by atoms with Gasteiger partial charge in [0, 0.05) is 12.6 Å². The lowest BCUT2D eigenvalue weighted by molar-refractivity contribution is 0.222. The minimum Gasteiger partial charge on any atom is -0.358 e. The third kappa shape index (κ3) is 1.94. The van der Waals surface area contributed by atoms with Crippen molar-refractivity contribution in [1.29, 1.82) is 0 Å². The molecule has 0 aliphatic heterocycles. The molecule has 0 aliphatic carbocycles. The van der Waals surface area contributed by atoms with Crippen LogP contribution in [0.2, 0.25) is 0 Å². The van der Waals surface area contributed by atoms with Crippen LogP contribution in [0.3, 0.4) is 0 Å². The molecule has 0 aromatic heterocycles. The topological polar surface area (TPSA) is 3.24 Å². The highest BCUT2D eigenvalue weighted by molar-refractivity contribution is 7.78. The maximum Gasteiger partial charge on any atom is 0.137 e. The first-order chi connectivity index (χ1) is 4.60. The Morgan fingerprint density at radius 3 is 1.90 bits per heavy atom. The summed E-state index contributed by atoms with van der Waals surface area (Å²) in [5, 5.41) is 0. The fourth-order valence-electron chi connectivity index (χ4n) is 0.835. The Labute approximate surface area is 69.4 Å². The van der Waals surface area contributed by atoms with E-state index in [1.807, 2.05) is 11.9 Å². The highest BCUT2D eigenvalue weighted by atomic mass is 32.1. The van der Waals surface area contributed by atoms with E-state index in [9.17, 15) is 0 Å². The van der Waals surface area contributed by atoms with Gasteiger partial charge in [-0.3, -0.25) is 0 Å². The van der Waals surface area contributed by atoms with Gasteiger partial charge in [-0.2, -0.15) is 0 Å². The second-order valence-electron chi connectivity index (χ2n) is 2.85. The predicted molar refractivity (Wildman–Crippen MR) is 49.3 cm³/mol. The molecule has 0 aliphatic rings. The van der Waals surface area contributed by atoms with E-state index in [1.165, 1.54) is 0 Å². The summed E-state index contributed by atoms with van der Waals surface area (Å²) >= 11 is 4.73. The van der Waals surface area contributed by atoms with Crippen molar-refractivity contribution in [3.05, 3.63) is 0 Å². The quantitative estimate of drug-likeness (QED) is 0.456. The lowest BCUT2D eigenvalue weighted by Crippen LogP contribution is -2.41. The van der Waals surface area contributed by atoms with Crippen molar-refractivity contribution in [3.63, 3.8) is 0 Å². The Kier molecular flexibility index (Phi) is 3.87. The molecule has 0 saturated heterocycles. The SMILES string of the molecule is CCC(C)(CC)N(C)[C]=S. The van der Waals surface area contributed by atoms with Crippen molar-refractivity contribution >= 4 is 17.7 Å². The smallest absolute Gasteiger partial charge is 0.137 e. The van der Waals surface area contributed by atoms with Gasteiger partial charge in [0.1, 0.15) is 5.49 Å². The first-order valence-electron chi connectivity index (χ1n) is 3.72. The van der Waals surface area contributed by atoms with Crippen LogP contribution in [0.5, 0.6) is 0 Å². The Balaban J connectivity index is 4.15. The minimum absolute atomic E-state index is 0.210. The summed E-state index contributed by atoms with van der Waals surface area (Å²) in [4.78, 5) is 1.99. The number of hydrogen-bond donors (Lipinski definition) is 0. The van der Waals surface area contributed by atoms with Gasteiger partial charge in [0.25, 0.3) is 0 Å². The largest absolute Gasteiger partial charge is 0.358 e. The van der Waals surface area contributed by atoms with Crippen LogP contribution in [0.4, 0.5) is 0 Å². The van der Waals surface area contributed by atoms with E-state index in [0.717, 1.165) is 12.8 Å². The van der Waals surface area contributed by atoms with Crippen LogP contribution >= 0.6 is 12.2 Å². The van der Waals surface area contributed by atoms with E-state index in [2.05, 4.69) is 26.3 Å². The summed E-state index contributed by atoms with van der Waals surface area (Å²) in [6, 6.07) is 0. The first-order valence-corrected chi connectivity index (χ1v) is 4.13. The normalized spacial score (nSPS) is 11.2. The van der Waals surface area contributed by atoms with E-state index < -0.39 is 0 Å². The molecule has 1 radical (unpaired) electrons. The monoisotopic (exact) mass is 158 g/mol. The van der Waals surface area contributed by atoms with E-state index in [1.54, 1.807) is 0 Å². The number of hydrogen-bond acceptors (Lipinski definition) is 1. The van der Waals surface area contributed by atoms with Crippen molar-refractivity contribution in [3.8, 4) is 0 Å². The van der Waals surface area contributed by atoms with Crippen LogP contribution < -0.4 is 0 Å². The van der Waals surface area contributed by atoms with Crippen LogP contribution in [-0.4, -0.2) is 23.0 Å². The third-order valence-corrected chi connectivity index (χ3v) is 2.74. The maximum absolute atomic E-state index is 4.73. The Hall–Kier alpha value is -0.110. The van der Waals surface area contributed by atoms with Crippen LogP contribution in [0, 0.1) is 0 Å². The lowest BCUT2D eigenvalue weighted by atomic mass is 9.94. The van der Waals surface area contributed by atoms with Gasteiger partial charge in [-0.25, -0.2) is 0 Å². The van der Waals surface area contributed by atoms with Crippen LogP contribution in [0.25, 0.3) is 0 Å². The van der Waals surface area contributed by atoms with E-state index in [0.29, 0.717) is 0 Å². The van der Waals surface area contributed by atoms with Crippen molar-refractivity contribution in [2.75, 3.05) is 7.05 Å². The average Bonchev–Trinajstić information content (AvgIpc) is 2.01. The van der Waals surface area contributed by atoms with Crippen LogP contribution in [-0.2, 0) is 0 Å². The third-order valence-electron chi connectivity index (χ3n) is 2.47. The van der Waals surface area contributed by atoms with E-state index >= 15 is 0 Å². The van der Waals surface area contributed by atoms with Gasteiger partial charge < -0.3 is 4.90 Å². The van der Waals surface area contributed by atoms with E-state index in [4.69, 9.17) is 12.2 Å². The number of thiocarbonyl (C=S) groups is 1. The summed E-state index contributed by atoms with van der Waals surface area (Å²) in [6.07, 6.45) is 2.23. The lowest BCUT2D eigenvalue weighted by Gasteiger charge is -2.35. The summed E-state index contributed by atoms with van der Waals surface area (Å²) in [6.45, 7) is 6.55. The van der Waals surface area contributed by atoms with Crippen molar-refractivity contribution < 1.29 is 0 Å². The van der Waals surface area contributed by atoms with E-state index in [-0.39, 0.29) is 5.54 Å².